The lowest BCUT2D eigenvalue weighted by molar-refractivity contribution is -0.129. The highest BCUT2D eigenvalue weighted by Crippen LogP contribution is 2.34. The predicted octanol–water partition coefficient (Wildman–Crippen LogP) is 1.62. The van der Waals surface area contributed by atoms with E-state index in [1.165, 1.54) is 0 Å². The van der Waals surface area contributed by atoms with Crippen LogP contribution >= 0.6 is 11.8 Å². The number of likely N-dealkylation sites (N-methyl/N-ethyl adjacent to an activating group) is 2. The highest BCUT2D eigenvalue weighted by Gasteiger charge is 2.12. The molecule has 1 aromatic carbocycles. The summed E-state index contributed by atoms with van der Waals surface area (Å²) in [6.45, 7) is 2.75. The fraction of sp³-hybridized carbons (Fsp3) is 0.533. The Morgan fingerprint density at radius 2 is 2.10 bits per heavy atom. The molecule has 1 aliphatic heterocycles. The van der Waals surface area contributed by atoms with E-state index in [1.54, 1.807) is 16.7 Å². The Balaban J connectivity index is 1.77. The van der Waals surface area contributed by atoms with Crippen LogP contribution < -0.4 is 14.8 Å². The first kappa shape index (κ1) is 16.0. The third-order valence-corrected chi connectivity index (χ3v) is 4.22. The number of fused-ring (bicyclic) bond motifs is 1. The zero-order valence-corrected chi connectivity index (χ0v) is 13.4. The summed E-state index contributed by atoms with van der Waals surface area (Å²) in [6.07, 6.45) is 0.541. The summed E-state index contributed by atoms with van der Waals surface area (Å²) < 4.78 is 11.0. The van der Waals surface area contributed by atoms with Crippen LogP contribution in [-0.2, 0) is 4.79 Å². The summed E-state index contributed by atoms with van der Waals surface area (Å²) in [5, 5.41) is 3.04. The molecule has 1 aromatic rings. The van der Waals surface area contributed by atoms with E-state index >= 15 is 0 Å². The van der Waals surface area contributed by atoms with E-state index in [0.717, 1.165) is 35.2 Å². The molecule has 0 radical (unpaired) electrons. The lowest BCUT2D eigenvalue weighted by atomic mass is 10.3. The van der Waals surface area contributed by atoms with Crippen LogP contribution in [-0.4, -0.2) is 57.0 Å². The monoisotopic (exact) mass is 310 g/mol. The van der Waals surface area contributed by atoms with Crippen LogP contribution in [0, 0.1) is 0 Å². The van der Waals surface area contributed by atoms with E-state index < -0.39 is 0 Å². The number of carbonyl (C=O) groups excluding carboxylic acids is 1. The Kier molecular flexibility index (Phi) is 6.20. The van der Waals surface area contributed by atoms with Crippen LogP contribution in [0.3, 0.4) is 0 Å². The summed E-state index contributed by atoms with van der Waals surface area (Å²) in [4.78, 5) is 14.8. The zero-order chi connectivity index (χ0) is 15.1. The van der Waals surface area contributed by atoms with Crippen LogP contribution in [0.1, 0.15) is 6.42 Å². The topological polar surface area (TPSA) is 50.8 Å². The van der Waals surface area contributed by atoms with Crippen molar-refractivity contribution in [2.45, 2.75) is 11.3 Å². The zero-order valence-electron chi connectivity index (χ0n) is 12.6. The average Bonchev–Trinajstić information content (AvgIpc) is 2.52. The first-order chi connectivity index (χ1) is 10.2. The maximum absolute atomic E-state index is 11.9. The normalized spacial score (nSPS) is 13.0. The second-order valence-corrected chi connectivity index (χ2v) is 5.99. The van der Waals surface area contributed by atoms with Crippen LogP contribution in [0.5, 0.6) is 11.5 Å². The molecule has 5 nitrogen and oxygen atoms in total. The van der Waals surface area contributed by atoms with Gasteiger partial charge in [0.15, 0.2) is 11.5 Å². The number of thioether (sulfide) groups is 1. The lowest BCUT2D eigenvalue weighted by Crippen LogP contribution is -2.32. The molecule has 0 bridgehead atoms. The fourth-order valence-electron chi connectivity index (χ4n) is 1.96. The van der Waals surface area contributed by atoms with Crippen molar-refractivity contribution >= 4 is 17.7 Å². The highest BCUT2D eigenvalue weighted by molar-refractivity contribution is 7.99. The molecule has 1 N–H and O–H groups in total. The summed E-state index contributed by atoms with van der Waals surface area (Å²) in [5.74, 6) is 2.54. The van der Waals surface area contributed by atoms with Gasteiger partial charge in [0.25, 0.3) is 0 Å². The Morgan fingerprint density at radius 3 is 2.86 bits per heavy atom. The van der Waals surface area contributed by atoms with Crippen LogP contribution in [0.2, 0.25) is 0 Å². The molecule has 1 amide bonds. The number of hydrogen-bond acceptors (Lipinski definition) is 5. The Labute approximate surface area is 130 Å². The second-order valence-electron chi connectivity index (χ2n) is 4.82. The van der Waals surface area contributed by atoms with Crippen molar-refractivity contribution < 1.29 is 14.3 Å². The number of ether oxygens (including phenoxy) is 2. The molecule has 1 heterocycles. The predicted molar refractivity (Wildman–Crippen MR) is 84.3 cm³/mol. The van der Waals surface area contributed by atoms with Gasteiger partial charge in [-0.25, -0.2) is 0 Å². The van der Waals surface area contributed by atoms with Crippen molar-refractivity contribution in [2.24, 2.45) is 0 Å². The molecule has 0 fully saturated rings. The third-order valence-electron chi connectivity index (χ3n) is 3.22. The van der Waals surface area contributed by atoms with Crippen molar-refractivity contribution in [3.63, 3.8) is 0 Å². The number of amides is 1. The quantitative estimate of drug-likeness (QED) is 0.776. The van der Waals surface area contributed by atoms with Crippen molar-refractivity contribution in [1.29, 1.82) is 0 Å². The van der Waals surface area contributed by atoms with E-state index in [2.05, 4.69) is 5.32 Å². The molecule has 0 aromatic heterocycles. The van der Waals surface area contributed by atoms with Gasteiger partial charge in [0.2, 0.25) is 5.91 Å². The second kappa shape index (κ2) is 8.14. The minimum atomic E-state index is 0.176. The molecular weight excluding hydrogens is 288 g/mol. The number of nitrogens with zero attached hydrogens (tertiary/aromatic N) is 1. The van der Waals surface area contributed by atoms with Crippen molar-refractivity contribution in [3.05, 3.63) is 18.2 Å². The molecule has 0 unspecified atom stereocenters. The molecule has 21 heavy (non-hydrogen) atoms. The summed E-state index contributed by atoms with van der Waals surface area (Å²) in [7, 11) is 3.73. The van der Waals surface area contributed by atoms with Crippen LogP contribution in [0.15, 0.2) is 23.1 Å². The van der Waals surface area contributed by atoms with Gasteiger partial charge in [0, 0.05) is 37.2 Å². The van der Waals surface area contributed by atoms with Gasteiger partial charge in [-0.1, -0.05) is 0 Å². The van der Waals surface area contributed by atoms with Gasteiger partial charge in [-0.15, -0.1) is 11.8 Å². The fourth-order valence-corrected chi connectivity index (χ4v) is 2.83. The smallest absolute Gasteiger partial charge is 0.223 e. The average molecular weight is 310 g/mol. The molecule has 6 heteroatoms. The Bertz CT molecular complexity index is 482. The van der Waals surface area contributed by atoms with Gasteiger partial charge < -0.3 is 19.7 Å². The maximum Gasteiger partial charge on any atom is 0.223 e. The lowest BCUT2D eigenvalue weighted by Gasteiger charge is -2.19. The molecule has 0 atom stereocenters. The SMILES string of the molecule is CNCCN(C)C(=O)CCSc1ccc2c(c1)OCCO2. The molecule has 0 aliphatic carbocycles. The molecular formula is C15H22N2O3S. The summed E-state index contributed by atoms with van der Waals surface area (Å²) in [5.41, 5.74) is 0. The number of nitrogens with one attached hydrogen (secondary N) is 1. The van der Waals surface area contributed by atoms with E-state index in [-0.39, 0.29) is 5.91 Å². The van der Waals surface area contributed by atoms with E-state index in [1.807, 2.05) is 32.3 Å². The molecule has 116 valence electrons. The largest absolute Gasteiger partial charge is 0.486 e. The van der Waals surface area contributed by atoms with Gasteiger partial charge in [-0.3, -0.25) is 4.79 Å². The first-order valence-corrected chi connectivity index (χ1v) is 8.10. The number of carbonyl (C=O) groups is 1. The number of rotatable bonds is 7. The molecule has 0 saturated carbocycles. The Hall–Kier alpha value is -1.40. The van der Waals surface area contributed by atoms with Crippen molar-refractivity contribution in [1.82, 2.24) is 10.2 Å². The van der Waals surface area contributed by atoms with Gasteiger partial charge in [0.05, 0.1) is 0 Å². The molecule has 0 spiro atoms. The van der Waals surface area contributed by atoms with Crippen molar-refractivity contribution in [2.75, 3.05) is 46.2 Å². The standard InChI is InChI=1S/C15H22N2O3S/c1-16-6-7-17(2)15(18)5-10-21-12-3-4-13-14(11-12)20-9-8-19-13/h3-4,11,16H,5-10H2,1-2H3. The number of benzene rings is 1. The van der Waals surface area contributed by atoms with Gasteiger partial charge in [-0.05, 0) is 25.2 Å². The minimum Gasteiger partial charge on any atom is -0.486 e. The molecule has 2 rings (SSSR count). The minimum absolute atomic E-state index is 0.176. The van der Waals surface area contributed by atoms with E-state index in [0.29, 0.717) is 19.6 Å². The highest BCUT2D eigenvalue weighted by atomic mass is 32.2. The van der Waals surface area contributed by atoms with Gasteiger partial charge in [-0.2, -0.15) is 0 Å². The third kappa shape index (κ3) is 4.82. The number of hydrogen-bond donors (Lipinski definition) is 1. The van der Waals surface area contributed by atoms with Crippen molar-refractivity contribution in [3.8, 4) is 11.5 Å². The Morgan fingerprint density at radius 1 is 1.33 bits per heavy atom. The molecule has 1 aliphatic rings. The molecule has 0 saturated heterocycles. The van der Waals surface area contributed by atoms with Gasteiger partial charge >= 0.3 is 0 Å². The summed E-state index contributed by atoms with van der Waals surface area (Å²) in [6, 6.07) is 5.92. The first-order valence-electron chi connectivity index (χ1n) is 7.11. The maximum atomic E-state index is 11.9. The van der Waals surface area contributed by atoms with E-state index in [9.17, 15) is 4.79 Å². The van der Waals surface area contributed by atoms with E-state index in [4.69, 9.17) is 9.47 Å². The van der Waals surface area contributed by atoms with Crippen LogP contribution in [0.25, 0.3) is 0 Å². The van der Waals surface area contributed by atoms with Gasteiger partial charge in [0.1, 0.15) is 13.2 Å². The summed E-state index contributed by atoms with van der Waals surface area (Å²) >= 11 is 1.66. The van der Waals surface area contributed by atoms with Crippen LogP contribution in [0.4, 0.5) is 0 Å².